The first-order chi connectivity index (χ1) is 7.15. The average molecular weight is 215 g/mol. The maximum absolute atomic E-state index is 11.3. The van der Waals surface area contributed by atoms with Crippen molar-refractivity contribution in [3.63, 3.8) is 0 Å². The molecule has 1 atom stereocenters. The first-order valence-electron chi connectivity index (χ1n) is 6.05. The summed E-state index contributed by atoms with van der Waals surface area (Å²) in [6, 6.07) is 0.292. The smallest absolute Gasteiger partial charge is 0.307 e. The highest BCUT2D eigenvalue weighted by Gasteiger charge is 2.15. The lowest BCUT2D eigenvalue weighted by Crippen LogP contribution is -2.35. The molecule has 90 valence electrons. The van der Waals surface area contributed by atoms with Gasteiger partial charge in [0, 0.05) is 6.04 Å². The molecule has 0 aromatic rings. The summed E-state index contributed by atoms with van der Waals surface area (Å²) < 4.78 is 4.95. The Bertz CT molecular complexity index is 171. The Hall–Kier alpha value is -0.570. The molecule has 3 nitrogen and oxygen atoms in total. The Balaban J connectivity index is 3.91. The van der Waals surface area contributed by atoms with Gasteiger partial charge in [-0.1, -0.05) is 20.3 Å². The van der Waals surface area contributed by atoms with E-state index in [2.05, 4.69) is 25.7 Å². The summed E-state index contributed by atoms with van der Waals surface area (Å²) in [4.78, 5) is 13.6. The third-order valence-corrected chi connectivity index (χ3v) is 2.60. The molecule has 15 heavy (non-hydrogen) atoms. The molecule has 0 aliphatic rings. The average Bonchev–Trinajstić information content (AvgIpc) is 2.19. The van der Waals surface area contributed by atoms with Crippen molar-refractivity contribution in [2.75, 3.05) is 19.7 Å². The Morgan fingerprint density at radius 2 is 2.00 bits per heavy atom. The summed E-state index contributed by atoms with van der Waals surface area (Å²) in [5, 5.41) is 0. The number of ether oxygens (including phenoxy) is 1. The van der Waals surface area contributed by atoms with Crippen LogP contribution in [0, 0.1) is 0 Å². The number of hydrogen-bond donors (Lipinski definition) is 0. The molecule has 0 heterocycles. The van der Waals surface area contributed by atoms with Crippen molar-refractivity contribution in [3.8, 4) is 0 Å². The normalized spacial score (nSPS) is 12.9. The van der Waals surface area contributed by atoms with Crippen LogP contribution in [0.5, 0.6) is 0 Å². The van der Waals surface area contributed by atoms with E-state index in [1.165, 1.54) is 12.8 Å². The van der Waals surface area contributed by atoms with E-state index < -0.39 is 0 Å². The molecular weight excluding hydrogens is 190 g/mol. The van der Waals surface area contributed by atoms with Gasteiger partial charge in [-0.25, -0.2) is 0 Å². The first-order valence-corrected chi connectivity index (χ1v) is 6.05. The minimum atomic E-state index is -0.0834. The lowest BCUT2D eigenvalue weighted by atomic mass is 10.2. The van der Waals surface area contributed by atoms with Crippen LogP contribution in [-0.4, -0.2) is 36.6 Å². The molecule has 0 aliphatic heterocycles. The predicted molar refractivity (Wildman–Crippen MR) is 62.9 cm³/mol. The molecule has 0 saturated carbocycles. The molecule has 0 radical (unpaired) electrons. The van der Waals surface area contributed by atoms with Crippen LogP contribution in [-0.2, 0) is 9.53 Å². The van der Waals surface area contributed by atoms with Gasteiger partial charge >= 0.3 is 5.97 Å². The van der Waals surface area contributed by atoms with E-state index in [1.54, 1.807) is 0 Å². The highest BCUT2D eigenvalue weighted by atomic mass is 16.5. The monoisotopic (exact) mass is 215 g/mol. The Kier molecular flexibility index (Phi) is 8.38. The molecule has 0 aromatic heterocycles. The topological polar surface area (TPSA) is 29.5 Å². The Labute approximate surface area is 93.8 Å². The standard InChI is InChI=1S/C12H25NO2/c1-5-8-9-13(6-2)11(4)10-12(14)15-7-3/h11H,5-10H2,1-4H3. The van der Waals surface area contributed by atoms with E-state index in [1.807, 2.05) is 6.92 Å². The molecule has 0 spiro atoms. The molecule has 0 saturated heterocycles. The van der Waals surface area contributed by atoms with Crippen LogP contribution in [0.15, 0.2) is 0 Å². The Morgan fingerprint density at radius 3 is 2.47 bits per heavy atom. The quantitative estimate of drug-likeness (QED) is 0.582. The second-order valence-electron chi connectivity index (χ2n) is 3.84. The van der Waals surface area contributed by atoms with Gasteiger partial charge in [-0.05, 0) is 33.4 Å². The van der Waals surface area contributed by atoms with Crippen LogP contribution >= 0.6 is 0 Å². The van der Waals surface area contributed by atoms with Crippen LogP contribution in [0.2, 0.25) is 0 Å². The van der Waals surface area contributed by atoms with Crippen LogP contribution in [0.3, 0.4) is 0 Å². The van der Waals surface area contributed by atoms with Crippen LogP contribution < -0.4 is 0 Å². The molecular formula is C12H25NO2. The number of carbonyl (C=O) groups is 1. The summed E-state index contributed by atoms with van der Waals surface area (Å²) in [6.45, 7) is 10.8. The molecule has 1 unspecified atom stereocenters. The van der Waals surface area contributed by atoms with E-state index >= 15 is 0 Å². The van der Waals surface area contributed by atoms with Gasteiger partial charge in [0.1, 0.15) is 0 Å². The van der Waals surface area contributed by atoms with Gasteiger partial charge in [0.25, 0.3) is 0 Å². The van der Waals surface area contributed by atoms with Gasteiger partial charge in [-0.3, -0.25) is 4.79 Å². The summed E-state index contributed by atoms with van der Waals surface area (Å²) in [5.41, 5.74) is 0. The van der Waals surface area contributed by atoms with Crippen LogP contribution in [0.1, 0.15) is 47.0 Å². The summed E-state index contributed by atoms with van der Waals surface area (Å²) in [7, 11) is 0. The van der Waals surface area contributed by atoms with E-state index in [4.69, 9.17) is 4.74 Å². The fourth-order valence-corrected chi connectivity index (χ4v) is 1.64. The fourth-order valence-electron chi connectivity index (χ4n) is 1.64. The molecule has 0 N–H and O–H groups in total. The maximum Gasteiger partial charge on any atom is 0.307 e. The van der Waals surface area contributed by atoms with Crippen molar-refractivity contribution in [2.45, 2.75) is 53.0 Å². The van der Waals surface area contributed by atoms with Gasteiger partial charge in [0.05, 0.1) is 13.0 Å². The second-order valence-corrected chi connectivity index (χ2v) is 3.84. The third-order valence-electron chi connectivity index (χ3n) is 2.60. The SMILES string of the molecule is CCCCN(CC)C(C)CC(=O)OCC. The van der Waals surface area contributed by atoms with Gasteiger partial charge in [0.2, 0.25) is 0 Å². The van der Waals surface area contributed by atoms with Gasteiger partial charge in [-0.2, -0.15) is 0 Å². The van der Waals surface area contributed by atoms with E-state index in [0.29, 0.717) is 19.1 Å². The molecule has 0 rings (SSSR count). The number of rotatable bonds is 8. The van der Waals surface area contributed by atoms with E-state index in [9.17, 15) is 4.79 Å². The first kappa shape index (κ1) is 14.4. The highest BCUT2D eigenvalue weighted by Crippen LogP contribution is 2.06. The third kappa shape index (κ3) is 6.50. The number of esters is 1. The minimum absolute atomic E-state index is 0.0834. The van der Waals surface area contributed by atoms with Crippen molar-refractivity contribution < 1.29 is 9.53 Å². The molecule has 3 heteroatoms. The van der Waals surface area contributed by atoms with Crippen molar-refractivity contribution >= 4 is 5.97 Å². The van der Waals surface area contributed by atoms with Crippen molar-refractivity contribution in [1.29, 1.82) is 0 Å². The second kappa shape index (κ2) is 8.72. The number of hydrogen-bond acceptors (Lipinski definition) is 3. The van der Waals surface area contributed by atoms with E-state index in [0.717, 1.165) is 13.1 Å². The fraction of sp³-hybridized carbons (Fsp3) is 0.917. The Morgan fingerprint density at radius 1 is 1.33 bits per heavy atom. The lowest BCUT2D eigenvalue weighted by molar-refractivity contribution is -0.144. The molecule has 0 aromatic carbocycles. The number of nitrogens with zero attached hydrogens (tertiary/aromatic N) is 1. The van der Waals surface area contributed by atoms with Crippen LogP contribution in [0.4, 0.5) is 0 Å². The maximum atomic E-state index is 11.3. The summed E-state index contributed by atoms with van der Waals surface area (Å²) >= 11 is 0. The molecule has 0 fully saturated rings. The largest absolute Gasteiger partial charge is 0.466 e. The van der Waals surface area contributed by atoms with Crippen molar-refractivity contribution in [3.05, 3.63) is 0 Å². The predicted octanol–water partition coefficient (Wildman–Crippen LogP) is 2.45. The van der Waals surface area contributed by atoms with E-state index in [-0.39, 0.29) is 5.97 Å². The van der Waals surface area contributed by atoms with Gasteiger partial charge in [-0.15, -0.1) is 0 Å². The van der Waals surface area contributed by atoms with Gasteiger partial charge in [0.15, 0.2) is 0 Å². The van der Waals surface area contributed by atoms with Crippen molar-refractivity contribution in [1.82, 2.24) is 4.90 Å². The zero-order valence-electron chi connectivity index (χ0n) is 10.6. The zero-order valence-corrected chi connectivity index (χ0v) is 10.6. The lowest BCUT2D eigenvalue weighted by Gasteiger charge is -2.26. The number of carbonyl (C=O) groups excluding carboxylic acids is 1. The molecule has 0 bridgehead atoms. The van der Waals surface area contributed by atoms with Gasteiger partial charge < -0.3 is 9.64 Å². The highest BCUT2D eigenvalue weighted by molar-refractivity contribution is 5.70. The van der Waals surface area contributed by atoms with Crippen LogP contribution in [0.25, 0.3) is 0 Å². The van der Waals surface area contributed by atoms with Crippen molar-refractivity contribution in [2.24, 2.45) is 0 Å². The summed E-state index contributed by atoms with van der Waals surface area (Å²) in [5.74, 6) is -0.0834. The minimum Gasteiger partial charge on any atom is -0.466 e. The number of unbranched alkanes of at least 4 members (excludes halogenated alkanes) is 1. The summed E-state index contributed by atoms with van der Waals surface area (Å²) in [6.07, 6.45) is 2.90. The molecule has 0 amide bonds. The zero-order chi connectivity index (χ0) is 11.7. The molecule has 0 aliphatic carbocycles.